The van der Waals surface area contributed by atoms with Gasteiger partial charge in [0.1, 0.15) is 5.67 Å². The van der Waals surface area contributed by atoms with E-state index in [9.17, 15) is 4.39 Å². The van der Waals surface area contributed by atoms with Gasteiger partial charge in [-0.3, -0.25) is 0 Å². The summed E-state index contributed by atoms with van der Waals surface area (Å²) in [6.45, 7) is 0.609. The van der Waals surface area contributed by atoms with Crippen LogP contribution in [0.3, 0.4) is 0 Å². The van der Waals surface area contributed by atoms with Crippen molar-refractivity contribution in [3.05, 3.63) is 0 Å². The van der Waals surface area contributed by atoms with Crippen LogP contribution in [0, 0.1) is 0 Å². The van der Waals surface area contributed by atoms with Crippen molar-refractivity contribution < 1.29 is 4.39 Å². The van der Waals surface area contributed by atoms with Gasteiger partial charge in [-0.25, -0.2) is 4.39 Å². The van der Waals surface area contributed by atoms with E-state index in [0.29, 0.717) is 12.6 Å². The molecular formula is C5H8FN. The Hall–Kier alpha value is -0.110. The van der Waals surface area contributed by atoms with Crippen molar-refractivity contribution in [2.24, 2.45) is 0 Å². The summed E-state index contributed by atoms with van der Waals surface area (Å²) in [5, 5.41) is 3.06. The standard InChI is InChI=1S/C5H8FN/c6-5-1-4(2-5)7-3-5/h4,7H,1-3H2. The van der Waals surface area contributed by atoms with Gasteiger partial charge in [0.25, 0.3) is 0 Å². The Morgan fingerprint density at radius 2 is 2.29 bits per heavy atom. The minimum atomic E-state index is -0.773. The maximum absolute atomic E-state index is 12.6. The number of hydrogen-bond donors (Lipinski definition) is 1. The molecule has 1 nitrogen and oxygen atoms in total. The Balaban J connectivity index is 2.20. The maximum Gasteiger partial charge on any atom is 0.126 e. The van der Waals surface area contributed by atoms with Crippen LogP contribution in [0.2, 0.25) is 0 Å². The molecule has 2 heteroatoms. The van der Waals surface area contributed by atoms with Gasteiger partial charge in [0, 0.05) is 12.6 Å². The topological polar surface area (TPSA) is 12.0 Å². The summed E-state index contributed by atoms with van der Waals surface area (Å²) in [6, 6.07) is 0.532. The zero-order chi connectivity index (χ0) is 4.91. The summed E-state index contributed by atoms with van der Waals surface area (Å²) in [4.78, 5) is 0. The second-order valence-electron chi connectivity index (χ2n) is 2.64. The SMILES string of the molecule is FC12CNC(C1)C2. The van der Waals surface area contributed by atoms with Crippen molar-refractivity contribution in [2.45, 2.75) is 24.6 Å². The van der Waals surface area contributed by atoms with Gasteiger partial charge in [-0.1, -0.05) is 0 Å². The van der Waals surface area contributed by atoms with Gasteiger partial charge in [0.15, 0.2) is 0 Å². The molecule has 3 aliphatic rings. The summed E-state index contributed by atoms with van der Waals surface area (Å²) in [5.74, 6) is 0. The second kappa shape index (κ2) is 0.848. The van der Waals surface area contributed by atoms with Gasteiger partial charge < -0.3 is 5.32 Å². The molecule has 1 N–H and O–H groups in total. The van der Waals surface area contributed by atoms with Gasteiger partial charge in [-0.2, -0.15) is 0 Å². The molecule has 1 saturated carbocycles. The smallest absolute Gasteiger partial charge is 0.126 e. The highest BCUT2D eigenvalue weighted by atomic mass is 19.1. The van der Waals surface area contributed by atoms with Gasteiger partial charge in [-0.15, -0.1) is 0 Å². The quantitative estimate of drug-likeness (QED) is 0.467. The summed E-state index contributed by atoms with van der Waals surface area (Å²) in [6.07, 6.45) is 1.54. The third-order valence-electron chi connectivity index (χ3n) is 1.93. The van der Waals surface area contributed by atoms with E-state index in [1.165, 1.54) is 0 Å². The van der Waals surface area contributed by atoms with Crippen LogP contribution < -0.4 is 5.32 Å². The number of rotatable bonds is 0. The molecule has 0 aromatic carbocycles. The van der Waals surface area contributed by atoms with E-state index < -0.39 is 5.67 Å². The number of nitrogens with one attached hydrogen (secondary N) is 1. The molecule has 2 bridgehead atoms. The van der Waals surface area contributed by atoms with E-state index >= 15 is 0 Å². The van der Waals surface area contributed by atoms with E-state index in [0.717, 1.165) is 12.8 Å². The van der Waals surface area contributed by atoms with Crippen LogP contribution in [0.15, 0.2) is 0 Å². The lowest BCUT2D eigenvalue weighted by molar-refractivity contribution is 0.113. The Bertz CT molecular complexity index is 90.7. The molecule has 1 aliphatic carbocycles. The molecule has 40 valence electrons. The maximum atomic E-state index is 12.6. The molecule has 2 saturated heterocycles. The molecule has 2 heterocycles. The summed E-state index contributed by atoms with van der Waals surface area (Å²) < 4.78 is 12.6. The lowest BCUT2D eigenvalue weighted by Gasteiger charge is -2.27. The van der Waals surface area contributed by atoms with Gasteiger partial charge in [0.2, 0.25) is 0 Å². The van der Waals surface area contributed by atoms with Crippen LogP contribution in [-0.4, -0.2) is 18.3 Å². The zero-order valence-electron chi connectivity index (χ0n) is 4.08. The largest absolute Gasteiger partial charge is 0.311 e. The van der Waals surface area contributed by atoms with E-state index in [1.54, 1.807) is 0 Å². The third-order valence-corrected chi connectivity index (χ3v) is 1.93. The molecule has 7 heavy (non-hydrogen) atoms. The first kappa shape index (κ1) is 3.84. The monoisotopic (exact) mass is 101 g/mol. The van der Waals surface area contributed by atoms with Crippen LogP contribution in [0.25, 0.3) is 0 Å². The minimum Gasteiger partial charge on any atom is -0.311 e. The molecule has 0 aromatic rings. The van der Waals surface area contributed by atoms with E-state index in [4.69, 9.17) is 0 Å². The predicted molar refractivity (Wildman–Crippen MR) is 24.9 cm³/mol. The molecule has 2 aliphatic heterocycles. The fourth-order valence-corrected chi connectivity index (χ4v) is 1.44. The first-order chi connectivity index (χ1) is 3.29. The van der Waals surface area contributed by atoms with Crippen LogP contribution >= 0.6 is 0 Å². The highest BCUT2D eigenvalue weighted by Crippen LogP contribution is 2.40. The predicted octanol–water partition coefficient (Wildman–Crippen LogP) is 0.460. The molecule has 0 amide bonds. The normalized spacial score (nSPS) is 57.0. The Morgan fingerprint density at radius 3 is 2.43 bits per heavy atom. The lowest BCUT2D eigenvalue weighted by atomic mass is 9.83. The highest BCUT2D eigenvalue weighted by Gasteiger charge is 2.50. The second-order valence-corrected chi connectivity index (χ2v) is 2.64. The fourth-order valence-electron chi connectivity index (χ4n) is 1.44. The molecule has 0 atom stereocenters. The first-order valence-electron chi connectivity index (χ1n) is 2.71. The van der Waals surface area contributed by atoms with Gasteiger partial charge >= 0.3 is 0 Å². The lowest BCUT2D eigenvalue weighted by Crippen LogP contribution is -2.35. The average molecular weight is 101 g/mol. The first-order valence-corrected chi connectivity index (χ1v) is 2.71. The summed E-state index contributed by atoms with van der Waals surface area (Å²) in [5.41, 5.74) is -0.773. The molecular weight excluding hydrogens is 93.1 g/mol. The Labute approximate surface area is 41.9 Å². The molecule has 0 aromatic heterocycles. The van der Waals surface area contributed by atoms with Gasteiger partial charge in [-0.05, 0) is 12.8 Å². The van der Waals surface area contributed by atoms with Crippen molar-refractivity contribution in [3.8, 4) is 0 Å². The molecule has 0 spiro atoms. The van der Waals surface area contributed by atoms with E-state index in [-0.39, 0.29) is 0 Å². The van der Waals surface area contributed by atoms with Gasteiger partial charge in [0.05, 0.1) is 0 Å². The number of alkyl halides is 1. The van der Waals surface area contributed by atoms with Crippen LogP contribution in [0.5, 0.6) is 0 Å². The van der Waals surface area contributed by atoms with Crippen molar-refractivity contribution in [2.75, 3.05) is 6.54 Å². The van der Waals surface area contributed by atoms with Crippen molar-refractivity contribution in [3.63, 3.8) is 0 Å². The molecule has 0 radical (unpaired) electrons. The number of halogens is 1. The number of fused-ring (bicyclic) bond motifs is 1. The highest BCUT2D eigenvalue weighted by molar-refractivity contribution is 5.07. The molecule has 0 unspecified atom stereocenters. The number of hydrogen-bond acceptors (Lipinski definition) is 1. The van der Waals surface area contributed by atoms with Crippen molar-refractivity contribution in [1.82, 2.24) is 5.32 Å². The minimum absolute atomic E-state index is 0.532. The molecule has 3 rings (SSSR count). The fraction of sp³-hybridized carbons (Fsp3) is 1.00. The zero-order valence-corrected chi connectivity index (χ0v) is 4.08. The molecule has 3 fully saturated rings. The van der Waals surface area contributed by atoms with Crippen LogP contribution in [0.1, 0.15) is 12.8 Å². The Kier molecular flexibility index (Phi) is 0.465. The Morgan fingerprint density at radius 1 is 1.57 bits per heavy atom. The van der Waals surface area contributed by atoms with Crippen molar-refractivity contribution >= 4 is 0 Å². The van der Waals surface area contributed by atoms with Crippen LogP contribution in [-0.2, 0) is 0 Å². The van der Waals surface area contributed by atoms with Crippen LogP contribution in [0.4, 0.5) is 4.39 Å². The van der Waals surface area contributed by atoms with E-state index in [1.807, 2.05) is 0 Å². The average Bonchev–Trinajstić information content (AvgIpc) is 1.88. The van der Waals surface area contributed by atoms with E-state index in [2.05, 4.69) is 5.32 Å². The third kappa shape index (κ3) is 0.353. The summed E-state index contributed by atoms with van der Waals surface area (Å²) in [7, 11) is 0. The van der Waals surface area contributed by atoms with Crippen molar-refractivity contribution in [1.29, 1.82) is 0 Å². The summed E-state index contributed by atoms with van der Waals surface area (Å²) >= 11 is 0.